The van der Waals surface area contributed by atoms with E-state index in [0.717, 1.165) is 5.75 Å². The van der Waals surface area contributed by atoms with Gasteiger partial charge in [0.1, 0.15) is 5.82 Å². The van der Waals surface area contributed by atoms with Crippen LogP contribution in [-0.4, -0.2) is 10.7 Å². The minimum atomic E-state index is 0.701. The molecule has 0 saturated heterocycles. The summed E-state index contributed by atoms with van der Waals surface area (Å²) in [6.07, 6.45) is 1.76. The number of nitrogens with one attached hydrogen (secondary N) is 1. The first kappa shape index (κ1) is 10.3. The summed E-state index contributed by atoms with van der Waals surface area (Å²) >= 11 is 1.82. The van der Waals surface area contributed by atoms with E-state index < -0.39 is 0 Å². The lowest BCUT2D eigenvalue weighted by molar-refractivity contribution is 0.750. The van der Waals surface area contributed by atoms with Crippen LogP contribution in [-0.2, 0) is 0 Å². The van der Waals surface area contributed by atoms with E-state index >= 15 is 0 Å². The van der Waals surface area contributed by atoms with E-state index in [9.17, 15) is 0 Å². The first-order valence-electron chi connectivity index (χ1n) is 4.28. The van der Waals surface area contributed by atoms with Crippen molar-refractivity contribution in [3.63, 3.8) is 0 Å². The molecule has 1 aromatic rings. The van der Waals surface area contributed by atoms with Crippen LogP contribution in [0.4, 0.5) is 5.82 Å². The van der Waals surface area contributed by atoms with Gasteiger partial charge in [-0.3, -0.25) is 0 Å². The predicted molar refractivity (Wildman–Crippen MR) is 57.6 cm³/mol. The van der Waals surface area contributed by atoms with Gasteiger partial charge in [0.05, 0.1) is 0 Å². The third-order valence-corrected chi connectivity index (χ3v) is 2.88. The molecular formula is C9H15N3S. The zero-order chi connectivity index (χ0) is 9.68. The first-order valence-corrected chi connectivity index (χ1v) is 5.26. The fourth-order valence-corrected chi connectivity index (χ4v) is 1.72. The van der Waals surface area contributed by atoms with Gasteiger partial charge in [-0.2, -0.15) is 0 Å². The van der Waals surface area contributed by atoms with Gasteiger partial charge in [-0.15, -0.1) is 11.8 Å². The van der Waals surface area contributed by atoms with Crippen LogP contribution in [0.3, 0.4) is 0 Å². The monoisotopic (exact) mass is 197 g/mol. The second-order valence-corrected chi connectivity index (χ2v) is 4.32. The van der Waals surface area contributed by atoms with E-state index in [1.807, 2.05) is 23.9 Å². The molecule has 0 atom stereocenters. The third kappa shape index (κ3) is 3.65. The van der Waals surface area contributed by atoms with Crippen LogP contribution in [0, 0.1) is 5.92 Å². The zero-order valence-electron chi connectivity index (χ0n) is 7.95. The molecule has 0 aliphatic rings. The number of anilines is 1. The maximum absolute atomic E-state index is 5.25. The number of hydrazine groups is 1. The van der Waals surface area contributed by atoms with Crippen molar-refractivity contribution >= 4 is 17.6 Å². The van der Waals surface area contributed by atoms with E-state index in [-0.39, 0.29) is 0 Å². The number of nitrogens with two attached hydrogens (primary N) is 1. The molecule has 1 rings (SSSR count). The first-order chi connectivity index (χ1) is 6.22. The smallest absolute Gasteiger partial charge is 0.140 e. The lowest BCUT2D eigenvalue weighted by Crippen LogP contribution is -2.08. The molecule has 0 unspecified atom stereocenters. The number of hydrogen-bond acceptors (Lipinski definition) is 4. The molecule has 0 amide bonds. The normalized spacial score (nSPS) is 10.5. The number of thioether (sulfide) groups is 1. The van der Waals surface area contributed by atoms with Crippen molar-refractivity contribution in [2.75, 3.05) is 11.2 Å². The fourth-order valence-electron chi connectivity index (χ4n) is 0.843. The molecule has 0 radical (unpaired) electrons. The maximum atomic E-state index is 5.25. The van der Waals surface area contributed by atoms with E-state index in [2.05, 4.69) is 24.3 Å². The van der Waals surface area contributed by atoms with Crippen molar-refractivity contribution < 1.29 is 0 Å². The Kier molecular flexibility index (Phi) is 4.05. The van der Waals surface area contributed by atoms with Gasteiger partial charge < -0.3 is 5.43 Å². The van der Waals surface area contributed by atoms with Gasteiger partial charge in [0.25, 0.3) is 0 Å². The summed E-state index contributed by atoms with van der Waals surface area (Å²) in [5.74, 6) is 7.79. The molecule has 1 heterocycles. The highest BCUT2D eigenvalue weighted by Crippen LogP contribution is 2.21. The van der Waals surface area contributed by atoms with Crippen molar-refractivity contribution in [1.82, 2.24) is 4.98 Å². The molecule has 1 aromatic heterocycles. The maximum Gasteiger partial charge on any atom is 0.140 e. The minimum absolute atomic E-state index is 0.701. The van der Waals surface area contributed by atoms with E-state index in [4.69, 9.17) is 5.84 Å². The number of nitrogen functional groups attached to an aromatic ring is 1. The molecule has 3 nitrogen and oxygen atoms in total. The molecule has 0 spiro atoms. The number of aromatic nitrogens is 1. The topological polar surface area (TPSA) is 50.9 Å². The molecule has 3 N–H and O–H groups in total. The lowest BCUT2D eigenvalue weighted by Gasteiger charge is -2.05. The number of nitrogens with zero attached hydrogens (tertiary/aromatic N) is 1. The number of pyridine rings is 1. The van der Waals surface area contributed by atoms with Gasteiger partial charge in [-0.25, -0.2) is 10.8 Å². The average molecular weight is 197 g/mol. The highest BCUT2D eigenvalue weighted by molar-refractivity contribution is 7.99. The largest absolute Gasteiger partial charge is 0.308 e. The van der Waals surface area contributed by atoms with Crippen LogP contribution in [0.15, 0.2) is 23.2 Å². The van der Waals surface area contributed by atoms with Crippen molar-refractivity contribution in [1.29, 1.82) is 0 Å². The molecule has 0 fully saturated rings. The van der Waals surface area contributed by atoms with E-state index in [1.54, 1.807) is 6.20 Å². The summed E-state index contributed by atoms with van der Waals surface area (Å²) < 4.78 is 0. The standard InChI is InChI=1S/C9H15N3S/c1-7(2)6-13-8-3-4-11-9(5-8)12-10/h3-5,7H,6,10H2,1-2H3,(H,11,12). The molecular weight excluding hydrogens is 182 g/mol. The Labute approximate surface area is 83.1 Å². The molecule has 13 heavy (non-hydrogen) atoms. The Morgan fingerprint density at radius 1 is 1.62 bits per heavy atom. The van der Waals surface area contributed by atoms with Gasteiger partial charge in [0.15, 0.2) is 0 Å². The summed E-state index contributed by atoms with van der Waals surface area (Å²) in [4.78, 5) is 5.24. The van der Waals surface area contributed by atoms with E-state index in [0.29, 0.717) is 11.7 Å². The SMILES string of the molecule is CC(C)CSc1ccnc(NN)c1. The van der Waals surface area contributed by atoms with Crippen molar-refractivity contribution in [2.45, 2.75) is 18.7 Å². The Hall–Kier alpha value is -0.740. The second-order valence-electron chi connectivity index (χ2n) is 3.23. The molecule has 0 bridgehead atoms. The van der Waals surface area contributed by atoms with Crippen molar-refractivity contribution in [3.8, 4) is 0 Å². The van der Waals surface area contributed by atoms with E-state index in [1.165, 1.54) is 4.90 Å². The molecule has 4 heteroatoms. The Balaban J connectivity index is 2.56. The van der Waals surface area contributed by atoms with Crippen molar-refractivity contribution in [2.24, 2.45) is 11.8 Å². The van der Waals surface area contributed by atoms with Crippen LogP contribution >= 0.6 is 11.8 Å². The summed E-state index contributed by atoms with van der Waals surface area (Å²) in [6.45, 7) is 4.41. The summed E-state index contributed by atoms with van der Waals surface area (Å²) in [5.41, 5.74) is 2.53. The fraction of sp³-hybridized carbons (Fsp3) is 0.444. The zero-order valence-corrected chi connectivity index (χ0v) is 8.77. The summed E-state index contributed by atoms with van der Waals surface area (Å²) in [7, 11) is 0. The number of hydrogen-bond donors (Lipinski definition) is 2. The second kappa shape index (κ2) is 5.09. The van der Waals surface area contributed by atoms with Crippen LogP contribution in [0.2, 0.25) is 0 Å². The van der Waals surface area contributed by atoms with Gasteiger partial charge in [-0.05, 0) is 18.1 Å². The average Bonchev–Trinajstić information content (AvgIpc) is 2.15. The minimum Gasteiger partial charge on any atom is -0.308 e. The Morgan fingerprint density at radius 2 is 2.38 bits per heavy atom. The Bertz CT molecular complexity index is 263. The van der Waals surface area contributed by atoms with Gasteiger partial charge >= 0.3 is 0 Å². The third-order valence-electron chi connectivity index (χ3n) is 1.46. The molecule has 0 aliphatic carbocycles. The van der Waals surface area contributed by atoms with Gasteiger partial charge in [0, 0.05) is 16.8 Å². The molecule has 0 aromatic carbocycles. The summed E-state index contributed by atoms with van der Waals surface area (Å²) in [5, 5.41) is 0. The quantitative estimate of drug-likeness (QED) is 0.441. The van der Waals surface area contributed by atoms with Crippen LogP contribution in [0.1, 0.15) is 13.8 Å². The lowest BCUT2D eigenvalue weighted by atomic mass is 10.3. The predicted octanol–water partition coefficient (Wildman–Crippen LogP) is 2.12. The van der Waals surface area contributed by atoms with Crippen LogP contribution in [0.25, 0.3) is 0 Å². The van der Waals surface area contributed by atoms with Crippen molar-refractivity contribution in [3.05, 3.63) is 18.3 Å². The Morgan fingerprint density at radius 3 is 3.00 bits per heavy atom. The summed E-state index contributed by atoms with van der Waals surface area (Å²) in [6, 6.07) is 3.95. The molecule has 0 aliphatic heterocycles. The molecule has 0 saturated carbocycles. The highest BCUT2D eigenvalue weighted by Gasteiger charge is 1.98. The van der Waals surface area contributed by atoms with Gasteiger partial charge in [-0.1, -0.05) is 13.8 Å². The van der Waals surface area contributed by atoms with Crippen LogP contribution in [0.5, 0.6) is 0 Å². The highest BCUT2D eigenvalue weighted by atomic mass is 32.2. The number of rotatable bonds is 4. The van der Waals surface area contributed by atoms with Gasteiger partial charge in [0.2, 0.25) is 0 Å². The molecule has 72 valence electrons. The van der Waals surface area contributed by atoms with Crippen LogP contribution < -0.4 is 11.3 Å².